The Morgan fingerprint density at radius 3 is 2.48 bits per heavy atom. The van der Waals surface area contributed by atoms with Crippen molar-refractivity contribution in [1.29, 1.82) is 0 Å². The summed E-state index contributed by atoms with van der Waals surface area (Å²) >= 11 is 0. The smallest absolute Gasteiger partial charge is 0.243 e. The van der Waals surface area contributed by atoms with Crippen LogP contribution in [0.4, 0.5) is 0 Å². The number of hydrogen-bond donors (Lipinski definition) is 1. The van der Waals surface area contributed by atoms with Crippen molar-refractivity contribution in [1.82, 2.24) is 9.62 Å². The zero-order valence-corrected chi connectivity index (χ0v) is 14.5. The van der Waals surface area contributed by atoms with E-state index in [9.17, 15) is 13.2 Å². The summed E-state index contributed by atoms with van der Waals surface area (Å²) in [4.78, 5) is 12.2. The zero-order chi connectivity index (χ0) is 17.9. The number of hydrogen-bond acceptors (Lipinski definition) is 4. The summed E-state index contributed by atoms with van der Waals surface area (Å²) in [6.07, 6.45) is 0. The zero-order valence-electron chi connectivity index (χ0n) is 13.7. The van der Waals surface area contributed by atoms with Crippen molar-refractivity contribution in [2.75, 3.05) is 13.6 Å². The Labute approximate surface area is 146 Å². The third-order valence-electron chi connectivity index (χ3n) is 3.75. The molecule has 0 spiro atoms. The molecule has 1 heterocycles. The van der Waals surface area contributed by atoms with Crippen LogP contribution in [-0.4, -0.2) is 32.2 Å². The lowest BCUT2D eigenvalue weighted by Crippen LogP contribution is -2.38. The summed E-state index contributed by atoms with van der Waals surface area (Å²) in [5.41, 5.74) is 0.746. The minimum Gasteiger partial charge on any atom is -0.459 e. The van der Waals surface area contributed by atoms with E-state index in [1.54, 1.807) is 18.2 Å². The van der Waals surface area contributed by atoms with Crippen LogP contribution in [0.3, 0.4) is 0 Å². The van der Waals surface area contributed by atoms with Crippen LogP contribution in [0.1, 0.15) is 5.76 Å². The Hall–Kier alpha value is -2.64. The van der Waals surface area contributed by atoms with Gasteiger partial charge in [-0.05, 0) is 24.3 Å². The third-order valence-corrected chi connectivity index (χ3v) is 5.57. The predicted octanol–water partition coefficient (Wildman–Crippen LogP) is 2.37. The lowest BCUT2D eigenvalue weighted by Gasteiger charge is -2.16. The summed E-state index contributed by atoms with van der Waals surface area (Å²) in [6.45, 7) is -0.0653. The van der Waals surface area contributed by atoms with Gasteiger partial charge in [0.25, 0.3) is 0 Å². The molecular formula is C18H18N2O4S. The number of fused-ring (bicyclic) bond motifs is 1. The van der Waals surface area contributed by atoms with Gasteiger partial charge in [-0.2, -0.15) is 4.31 Å². The standard InChI is InChI=1S/C18H18N2O4S/c1-20(25(22,23)16-8-3-2-4-9-16)13-18(21)19-12-15-11-14-7-5-6-10-17(14)24-15/h2-11H,12-13H2,1H3,(H,19,21). The molecule has 6 nitrogen and oxygen atoms in total. The van der Waals surface area contributed by atoms with Crippen molar-refractivity contribution in [2.24, 2.45) is 0 Å². The molecule has 0 saturated heterocycles. The van der Waals surface area contributed by atoms with Gasteiger partial charge in [-0.15, -0.1) is 0 Å². The minimum absolute atomic E-state index is 0.155. The first-order chi connectivity index (χ1) is 12.0. The first-order valence-corrected chi connectivity index (χ1v) is 9.16. The molecule has 0 radical (unpaired) electrons. The van der Waals surface area contributed by atoms with Gasteiger partial charge in [0.1, 0.15) is 11.3 Å². The fourth-order valence-corrected chi connectivity index (χ4v) is 3.57. The number of rotatable bonds is 6. The quantitative estimate of drug-likeness (QED) is 0.734. The highest BCUT2D eigenvalue weighted by molar-refractivity contribution is 7.89. The second kappa shape index (κ2) is 7.08. The van der Waals surface area contributed by atoms with Crippen LogP contribution in [0, 0.1) is 0 Å². The second-order valence-corrected chi connectivity index (χ2v) is 7.65. The normalized spacial score (nSPS) is 11.8. The molecule has 3 rings (SSSR count). The molecule has 0 unspecified atom stereocenters. The molecule has 1 aromatic heterocycles. The number of carbonyl (C=O) groups is 1. The van der Waals surface area contributed by atoms with E-state index in [0.717, 1.165) is 15.3 Å². The van der Waals surface area contributed by atoms with Gasteiger partial charge in [0.05, 0.1) is 18.0 Å². The van der Waals surface area contributed by atoms with E-state index in [4.69, 9.17) is 4.42 Å². The molecule has 0 saturated carbocycles. The fourth-order valence-electron chi connectivity index (χ4n) is 2.43. The molecule has 0 aliphatic rings. The molecule has 25 heavy (non-hydrogen) atoms. The summed E-state index contributed by atoms with van der Waals surface area (Å²) < 4.78 is 31.4. The first kappa shape index (κ1) is 17.2. The number of likely N-dealkylation sites (N-methyl/N-ethyl adjacent to an activating group) is 1. The van der Waals surface area contributed by atoms with Crippen LogP contribution in [0.5, 0.6) is 0 Å². The molecule has 0 aliphatic heterocycles. The largest absolute Gasteiger partial charge is 0.459 e. The lowest BCUT2D eigenvalue weighted by atomic mass is 10.2. The molecule has 0 bridgehead atoms. The van der Waals surface area contributed by atoms with E-state index in [1.807, 2.05) is 30.3 Å². The van der Waals surface area contributed by atoms with Gasteiger partial charge in [-0.1, -0.05) is 36.4 Å². The van der Waals surface area contributed by atoms with Crippen LogP contribution in [0.2, 0.25) is 0 Å². The van der Waals surface area contributed by atoms with E-state index in [0.29, 0.717) is 5.76 Å². The van der Waals surface area contributed by atoms with E-state index in [-0.39, 0.29) is 18.0 Å². The lowest BCUT2D eigenvalue weighted by molar-refractivity contribution is -0.121. The van der Waals surface area contributed by atoms with Crippen molar-refractivity contribution >= 4 is 26.9 Å². The predicted molar refractivity (Wildman–Crippen MR) is 94.3 cm³/mol. The average Bonchev–Trinajstić information content (AvgIpc) is 3.03. The highest BCUT2D eigenvalue weighted by atomic mass is 32.2. The number of para-hydroxylation sites is 1. The number of nitrogens with one attached hydrogen (secondary N) is 1. The summed E-state index contributed by atoms with van der Waals surface area (Å²) in [6, 6.07) is 17.4. The Balaban J connectivity index is 1.60. The number of sulfonamides is 1. The number of amides is 1. The Bertz CT molecular complexity index is 947. The molecular weight excluding hydrogens is 340 g/mol. The van der Waals surface area contributed by atoms with Crippen LogP contribution in [0.15, 0.2) is 70.0 Å². The molecule has 0 fully saturated rings. The molecule has 130 valence electrons. The van der Waals surface area contributed by atoms with Crippen molar-refractivity contribution < 1.29 is 17.6 Å². The second-order valence-electron chi connectivity index (χ2n) is 5.60. The number of carbonyl (C=O) groups excluding carboxylic acids is 1. The van der Waals surface area contributed by atoms with Crippen LogP contribution in [0.25, 0.3) is 11.0 Å². The topological polar surface area (TPSA) is 79.6 Å². The minimum atomic E-state index is -3.69. The number of furan rings is 1. The van der Waals surface area contributed by atoms with Crippen molar-refractivity contribution in [3.63, 3.8) is 0 Å². The maximum atomic E-state index is 12.4. The van der Waals surface area contributed by atoms with Gasteiger partial charge in [-0.3, -0.25) is 4.79 Å². The Morgan fingerprint density at radius 2 is 1.76 bits per heavy atom. The van der Waals surface area contributed by atoms with Gasteiger partial charge in [0.2, 0.25) is 15.9 Å². The van der Waals surface area contributed by atoms with Gasteiger partial charge in [-0.25, -0.2) is 8.42 Å². The highest BCUT2D eigenvalue weighted by Gasteiger charge is 2.22. The summed E-state index contributed by atoms with van der Waals surface area (Å²) in [7, 11) is -2.31. The Kier molecular flexibility index (Phi) is 4.87. The highest BCUT2D eigenvalue weighted by Crippen LogP contribution is 2.18. The van der Waals surface area contributed by atoms with Crippen molar-refractivity contribution in [3.8, 4) is 0 Å². The number of benzene rings is 2. The van der Waals surface area contributed by atoms with Gasteiger partial charge in [0.15, 0.2) is 0 Å². The van der Waals surface area contributed by atoms with Gasteiger partial charge < -0.3 is 9.73 Å². The van der Waals surface area contributed by atoms with Gasteiger partial charge in [0, 0.05) is 12.4 Å². The molecule has 2 aromatic carbocycles. The van der Waals surface area contributed by atoms with Crippen molar-refractivity contribution in [3.05, 3.63) is 66.4 Å². The molecule has 7 heteroatoms. The van der Waals surface area contributed by atoms with Gasteiger partial charge >= 0.3 is 0 Å². The third kappa shape index (κ3) is 3.89. The maximum Gasteiger partial charge on any atom is 0.243 e. The van der Waals surface area contributed by atoms with E-state index >= 15 is 0 Å². The molecule has 0 aliphatic carbocycles. The van der Waals surface area contributed by atoms with E-state index in [2.05, 4.69) is 5.32 Å². The van der Waals surface area contributed by atoms with E-state index < -0.39 is 15.9 Å². The monoisotopic (exact) mass is 358 g/mol. The summed E-state index contributed by atoms with van der Waals surface area (Å²) in [5.74, 6) is 0.214. The van der Waals surface area contributed by atoms with E-state index in [1.165, 1.54) is 19.2 Å². The fraction of sp³-hybridized carbons (Fsp3) is 0.167. The molecule has 0 atom stereocenters. The first-order valence-electron chi connectivity index (χ1n) is 7.72. The summed E-state index contributed by atoms with van der Waals surface area (Å²) in [5, 5.41) is 3.63. The number of nitrogens with zero attached hydrogens (tertiary/aromatic N) is 1. The average molecular weight is 358 g/mol. The molecule has 1 amide bonds. The SMILES string of the molecule is CN(CC(=O)NCc1cc2ccccc2o1)S(=O)(=O)c1ccccc1. The molecule has 3 aromatic rings. The van der Waals surface area contributed by atoms with Crippen molar-refractivity contribution in [2.45, 2.75) is 11.4 Å². The molecule has 1 N–H and O–H groups in total. The van der Waals surface area contributed by atoms with Crippen LogP contribution >= 0.6 is 0 Å². The maximum absolute atomic E-state index is 12.4. The van der Waals surface area contributed by atoms with Crippen LogP contribution < -0.4 is 5.32 Å². The Morgan fingerprint density at radius 1 is 1.08 bits per heavy atom. The van der Waals surface area contributed by atoms with Crippen LogP contribution in [-0.2, 0) is 21.4 Å².